The van der Waals surface area contributed by atoms with E-state index in [4.69, 9.17) is 10.9 Å². The molecule has 1 aromatic rings. The van der Waals surface area contributed by atoms with Crippen molar-refractivity contribution in [3.8, 4) is 0 Å². The summed E-state index contributed by atoms with van der Waals surface area (Å²) in [7, 11) is 0. The summed E-state index contributed by atoms with van der Waals surface area (Å²) in [6, 6.07) is 1.90. The number of hydrogen-bond donors (Lipinski definition) is 3. The zero-order chi connectivity index (χ0) is 14.2. The number of rotatable bonds is 2. The highest BCUT2D eigenvalue weighted by atomic mass is 16.4. The van der Waals surface area contributed by atoms with Crippen LogP contribution < -0.4 is 10.6 Å². The van der Waals surface area contributed by atoms with Crippen molar-refractivity contribution in [3.63, 3.8) is 0 Å². The van der Waals surface area contributed by atoms with Gasteiger partial charge in [0.1, 0.15) is 0 Å². The zero-order valence-corrected chi connectivity index (χ0v) is 11.5. The number of oxime groups is 1. The molecule has 2 rings (SSSR count). The van der Waals surface area contributed by atoms with Crippen LogP contribution in [0.1, 0.15) is 30.3 Å². The lowest BCUT2D eigenvalue weighted by atomic mass is 10.1. The summed E-state index contributed by atoms with van der Waals surface area (Å²) in [4.78, 5) is 6.40. The minimum atomic E-state index is -0.701. The zero-order valence-electron chi connectivity index (χ0n) is 11.5. The van der Waals surface area contributed by atoms with Crippen molar-refractivity contribution in [2.75, 3.05) is 18.0 Å². The third-order valence-electron chi connectivity index (χ3n) is 3.46. The van der Waals surface area contributed by atoms with E-state index in [0.29, 0.717) is 18.5 Å². The summed E-state index contributed by atoms with van der Waals surface area (Å²) in [5.41, 5.74) is 8.13. The van der Waals surface area contributed by atoms with Gasteiger partial charge in [-0.05, 0) is 33.3 Å². The van der Waals surface area contributed by atoms with Gasteiger partial charge in [-0.25, -0.2) is 0 Å². The van der Waals surface area contributed by atoms with Gasteiger partial charge in [0.25, 0.3) is 0 Å². The molecule has 6 nitrogen and oxygen atoms in total. The van der Waals surface area contributed by atoms with Crippen LogP contribution in [0.3, 0.4) is 0 Å². The molecule has 104 valence electrons. The molecule has 0 bridgehead atoms. The highest BCUT2D eigenvalue weighted by molar-refractivity contribution is 6.03. The number of pyridine rings is 1. The van der Waals surface area contributed by atoms with E-state index in [9.17, 15) is 5.11 Å². The molecule has 1 aliphatic rings. The van der Waals surface area contributed by atoms with E-state index in [1.54, 1.807) is 0 Å². The summed E-state index contributed by atoms with van der Waals surface area (Å²) in [5.74, 6) is 0.0477. The molecule has 4 N–H and O–H groups in total. The minimum absolute atomic E-state index is 0.0477. The van der Waals surface area contributed by atoms with Crippen molar-refractivity contribution in [3.05, 3.63) is 23.0 Å². The topological polar surface area (TPSA) is 95.0 Å². The molecule has 0 amide bonds. The first kappa shape index (κ1) is 13.6. The summed E-state index contributed by atoms with van der Waals surface area (Å²) in [6.07, 6.45) is 0.697. The molecule has 1 atom stereocenters. The van der Waals surface area contributed by atoms with Gasteiger partial charge >= 0.3 is 0 Å². The standard InChI is InChI=1S/C13H20N4O2/c1-8-6-10(17-5-4-13(3,18)7-17)11(9(2)15-8)12(14)16-19/h6,18-19H,4-5,7H2,1-3H3,(H2,14,16). The average molecular weight is 264 g/mol. The number of anilines is 1. The maximum Gasteiger partial charge on any atom is 0.174 e. The van der Waals surface area contributed by atoms with Crippen LogP contribution in [0.5, 0.6) is 0 Å². The average Bonchev–Trinajstić information content (AvgIpc) is 2.67. The molecule has 1 saturated heterocycles. The predicted molar refractivity (Wildman–Crippen MR) is 73.7 cm³/mol. The fourth-order valence-electron chi connectivity index (χ4n) is 2.57. The van der Waals surface area contributed by atoms with Gasteiger partial charge in [-0.15, -0.1) is 0 Å². The van der Waals surface area contributed by atoms with Gasteiger partial charge < -0.3 is 20.9 Å². The van der Waals surface area contributed by atoms with E-state index in [-0.39, 0.29) is 5.84 Å². The van der Waals surface area contributed by atoms with Crippen molar-refractivity contribution < 1.29 is 10.3 Å². The molecule has 2 heterocycles. The van der Waals surface area contributed by atoms with Crippen LogP contribution in [0.25, 0.3) is 0 Å². The Morgan fingerprint density at radius 1 is 1.53 bits per heavy atom. The monoisotopic (exact) mass is 264 g/mol. The molecular formula is C13H20N4O2. The number of nitrogens with two attached hydrogens (primary N) is 1. The second-order valence-corrected chi connectivity index (χ2v) is 5.40. The number of β-amino-alcohol motifs (C(OH)–C–C–N with tert-alkyl or cyclic N) is 1. The van der Waals surface area contributed by atoms with E-state index >= 15 is 0 Å². The second-order valence-electron chi connectivity index (χ2n) is 5.40. The molecule has 1 fully saturated rings. The molecule has 0 aromatic carbocycles. The van der Waals surface area contributed by atoms with E-state index in [0.717, 1.165) is 23.6 Å². The van der Waals surface area contributed by atoms with Crippen molar-refractivity contribution in [1.82, 2.24) is 4.98 Å². The predicted octanol–water partition coefficient (Wildman–Crippen LogP) is 0.754. The largest absolute Gasteiger partial charge is 0.409 e. The van der Waals surface area contributed by atoms with Gasteiger partial charge in [0.2, 0.25) is 0 Å². The van der Waals surface area contributed by atoms with Gasteiger partial charge in [0.15, 0.2) is 5.84 Å². The number of hydrogen-bond acceptors (Lipinski definition) is 5. The van der Waals surface area contributed by atoms with Crippen molar-refractivity contribution in [1.29, 1.82) is 0 Å². The number of aliphatic hydroxyl groups is 1. The van der Waals surface area contributed by atoms with Crippen LogP contribution >= 0.6 is 0 Å². The van der Waals surface area contributed by atoms with Crippen LogP contribution in [0.4, 0.5) is 5.69 Å². The summed E-state index contributed by atoms with van der Waals surface area (Å²) in [5, 5.41) is 22.1. The lowest BCUT2D eigenvalue weighted by Gasteiger charge is -2.24. The fraction of sp³-hybridized carbons (Fsp3) is 0.538. The molecule has 1 unspecified atom stereocenters. The summed E-state index contributed by atoms with van der Waals surface area (Å²) < 4.78 is 0. The van der Waals surface area contributed by atoms with Crippen molar-refractivity contribution in [2.45, 2.75) is 32.8 Å². The summed E-state index contributed by atoms with van der Waals surface area (Å²) in [6.45, 7) is 6.82. The molecule has 19 heavy (non-hydrogen) atoms. The van der Waals surface area contributed by atoms with Crippen LogP contribution in [0, 0.1) is 13.8 Å². The van der Waals surface area contributed by atoms with E-state index < -0.39 is 5.60 Å². The first-order valence-electron chi connectivity index (χ1n) is 6.27. The lowest BCUT2D eigenvalue weighted by Crippen LogP contribution is -2.31. The van der Waals surface area contributed by atoms with Gasteiger partial charge in [0.05, 0.1) is 22.5 Å². The number of nitrogens with zero attached hydrogens (tertiary/aromatic N) is 3. The van der Waals surface area contributed by atoms with Gasteiger partial charge in [-0.2, -0.15) is 0 Å². The number of aromatic nitrogens is 1. The quantitative estimate of drug-likeness (QED) is 0.317. The molecule has 0 radical (unpaired) electrons. The molecule has 0 spiro atoms. The SMILES string of the molecule is Cc1cc(N2CCC(C)(O)C2)c(/C(N)=N/O)c(C)n1. The Kier molecular flexibility index (Phi) is 3.36. The Balaban J connectivity index is 2.50. The molecule has 0 aliphatic carbocycles. The molecule has 0 saturated carbocycles. The Bertz CT molecular complexity index is 526. The van der Waals surface area contributed by atoms with Crippen LogP contribution in [-0.2, 0) is 0 Å². The van der Waals surface area contributed by atoms with Gasteiger partial charge in [-0.1, -0.05) is 5.16 Å². The Hall–Kier alpha value is -1.82. The Labute approximate surface area is 112 Å². The van der Waals surface area contributed by atoms with E-state index in [1.165, 1.54) is 0 Å². The smallest absolute Gasteiger partial charge is 0.174 e. The summed E-state index contributed by atoms with van der Waals surface area (Å²) >= 11 is 0. The maximum absolute atomic E-state index is 10.1. The van der Waals surface area contributed by atoms with Crippen LogP contribution in [0.15, 0.2) is 11.2 Å². The molecule has 1 aromatic heterocycles. The Morgan fingerprint density at radius 2 is 2.21 bits per heavy atom. The highest BCUT2D eigenvalue weighted by Crippen LogP contribution is 2.30. The second kappa shape index (κ2) is 4.70. The van der Waals surface area contributed by atoms with Gasteiger partial charge in [-0.3, -0.25) is 4.98 Å². The van der Waals surface area contributed by atoms with Gasteiger partial charge in [0, 0.05) is 18.8 Å². The molecular weight excluding hydrogens is 244 g/mol. The fourth-order valence-corrected chi connectivity index (χ4v) is 2.57. The maximum atomic E-state index is 10.1. The minimum Gasteiger partial charge on any atom is -0.409 e. The highest BCUT2D eigenvalue weighted by Gasteiger charge is 2.33. The van der Waals surface area contributed by atoms with Crippen LogP contribution in [0.2, 0.25) is 0 Å². The van der Waals surface area contributed by atoms with Crippen molar-refractivity contribution in [2.24, 2.45) is 10.9 Å². The number of aryl methyl sites for hydroxylation is 2. The Morgan fingerprint density at radius 3 is 2.74 bits per heavy atom. The first-order chi connectivity index (χ1) is 8.84. The van der Waals surface area contributed by atoms with Crippen LogP contribution in [-0.4, -0.2) is 39.8 Å². The van der Waals surface area contributed by atoms with E-state index in [1.807, 2.05) is 26.8 Å². The third-order valence-corrected chi connectivity index (χ3v) is 3.46. The van der Waals surface area contributed by atoms with E-state index in [2.05, 4.69) is 15.0 Å². The van der Waals surface area contributed by atoms with Crippen molar-refractivity contribution >= 4 is 11.5 Å². The number of amidine groups is 1. The molecule has 6 heteroatoms. The molecule has 1 aliphatic heterocycles. The first-order valence-corrected chi connectivity index (χ1v) is 6.27. The third kappa shape index (κ3) is 2.63. The normalized spacial score (nSPS) is 24.0. The lowest BCUT2D eigenvalue weighted by molar-refractivity contribution is 0.0839.